The molecular formula is C22H31N. The van der Waals surface area contributed by atoms with Gasteiger partial charge in [0.05, 0.1) is 0 Å². The smallest absolute Gasteiger partial charge is 0.0426 e. The number of anilines is 2. The van der Waals surface area contributed by atoms with E-state index in [4.69, 9.17) is 0 Å². The van der Waals surface area contributed by atoms with Crippen molar-refractivity contribution in [2.75, 3.05) is 5.32 Å². The van der Waals surface area contributed by atoms with Gasteiger partial charge in [-0.1, -0.05) is 83.4 Å². The molecule has 0 unspecified atom stereocenters. The van der Waals surface area contributed by atoms with Crippen LogP contribution in [0.2, 0.25) is 0 Å². The van der Waals surface area contributed by atoms with Crippen molar-refractivity contribution >= 4 is 11.4 Å². The van der Waals surface area contributed by atoms with Gasteiger partial charge >= 0.3 is 0 Å². The molecule has 1 saturated carbocycles. The van der Waals surface area contributed by atoms with Crippen molar-refractivity contribution in [1.82, 2.24) is 0 Å². The lowest BCUT2D eigenvalue weighted by atomic mass is 9.63. The van der Waals surface area contributed by atoms with E-state index < -0.39 is 0 Å². The molecule has 4 rings (SSSR count). The van der Waals surface area contributed by atoms with E-state index in [1.807, 2.05) is 27.7 Å². The summed E-state index contributed by atoms with van der Waals surface area (Å²) in [6.07, 6.45) is 6.68. The highest BCUT2D eigenvalue weighted by atomic mass is 14.9. The number of rotatable bonds is 0. The van der Waals surface area contributed by atoms with Gasteiger partial charge in [-0.05, 0) is 36.1 Å². The number of para-hydroxylation sites is 2. The minimum Gasteiger partial charge on any atom is -0.355 e. The second-order valence-corrected chi connectivity index (χ2v) is 5.86. The van der Waals surface area contributed by atoms with E-state index in [2.05, 4.69) is 53.8 Å². The molecular weight excluding hydrogens is 278 g/mol. The average Bonchev–Trinajstić information content (AvgIpc) is 2.66. The fraction of sp³-hybridized carbons (Fsp3) is 0.455. The molecule has 0 amide bonds. The molecule has 0 radical (unpaired) electrons. The average molecular weight is 309 g/mol. The Morgan fingerprint density at radius 1 is 0.652 bits per heavy atom. The lowest BCUT2D eigenvalue weighted by Crippen LogP contribution is -2.34. The Morgan fingerprint density at radius 2 is 1.09 bits per heavy atom. The molecule has 2 aromatic rings. The topological polar surface area (TPSA) is 12.0 Å². The number of nitrogens with one attached hydrogen (secondary N) is 1. The fourth-order valence-electron chi connectivity index (χ4n) is 4.00. The van der Waals surface area contributed by atoms with Crippen molar-refractivity contribution in [3.63, 3.8) is 0 Å². The van der Waals surface area contributed by atoms with Crippen molar-refractivity contribution in [2.24, 2.45) is 0 Å². The van der Waals surface area contributed by atoms with Gasteiger partial charge in [-0.2, -0.15) is 0 Å². The first-order valence-corrected chi connectivity index (χ1v) is 9.36. The normalized spacial score (nSPS) is 16.5. The maximum atomic E-state index is 3.61. The van der Waals surface area contributed by atoms with Gasteiger partial charge in [0, 0.05) is 16.8 Å². The van der Waals surface area contributed by atoms with Gasteiger partial charge in [0.25, 0.3) is 0 Å². The number of fused-ring (bicyclic) bond motifs is 4. The molecule has 1 spiro atoms. The highest BCUT2D eigenvalue weighted by Crippen LogP contribution is 2.52. The second-order valence-electron chi connectivity index (χ2n) is 5.86. The van der Waals surface area contributed by atoms with Crippen LogP contribution in [-0.4, -0.2) is 0 Å². The zero-order chi connectivity index (χ0) is 16.7. The Labute approximate surface area is 142 Å². The number of benzene rings is 2. The quantitative estimate of drug-likeness (QED) is 0.550. The van der Waals surface area contributed by atoms with Crippen LogP contribution in [0.3, 0.4) is 0 Å². The second kappa shape index (κ2) is 8.19. The van der Waals surface area contributed by atoms with E-state index >= 15 is 0 Å². The predicted molar refractivity (Wildman–Crippen MR) is 103 cm³/mol. The highest BCUT2D eigenvalue weighted by Gasteiger charge is 2.41. The molecule has 0 atom stereocenters. The molecule has 1 heteroatoms. The summed E-state index contributed by atoms with van der Waals surface area (Å²) < 4.78 is 0. The molecule has 1 aliphatic heterocycles. The zero-order valence-electron chi connectivity index (χ0n) is 15.2. The fourth-order valence-corrected chi connectivity index (χ4v) is 4.00. The van der Waals surface area contributed by atoms with E-state index in [0.29, 0.717) is 0 Å². The minimum absolute atomic E-state index is 0.261. The van der Waals surface area contributed by atoms with E-state index in [9.17, 15) is 0 Å². The molecule has 0 bridgehead atoms. The summed E-state index contributed by atoms with van der Waals surface area (Å²) in [5.74, 6) is 0. The highest BCUT2D eigenvalue weighted by molar-refractivity contribution is 5.75. The maximum absolute atomic E-state index is 3.61. The standard InChI is InChI=1S/C18H19N.2C2H6/c1-6-12-18(13-7-1)14-8-2-4-10-16(14)19-17-11-5-3-9-15(17)18;2*1-2/h2-5,8-11,19H,1,6-7,12-13H2;2*1-2H3. The third-order valence-corrected chi connectivity index (χ3v) is 4.86. The number of hydrogen-bond donors (Lipinski definition) is 1. The molecule has 124 valence electrons. The Morgan fingerprint density at radius 3 is 1.57 bits per heavy atom. The molecule has 2 aliphatic rings. The van der Waals surface area contributed by atoms with Gasteiger partial charge < -0.3 is 5.32 Å². The van der Waals surface area contributed by atoms with Gasteiger partial charge in [0.1, 0.15) is 0 Å². The van der Waals surface area contributed by atoms with E-state index in [1.165, 1.54) is 54.6 Å². The molecule has 1 N–H and O–H groups in total. The van der Waals surface area contributed by atoms with Crippen LogP contribution in [0.1, 0.15) is 70.9 Å². The molecule has 1 fully saturated rings. The lowest BCUT2D eigenvalue weighted by molar-refractivity contribution is 0.346. The first kappa shape index (κ1) is 17.6. The Hall–Kier alpha value is -1.76. The predicted octanol–water partition coefficient (Wildman–Crippen LogP) is 7.05. The maximum Gasteiger partial charge on any atom is 0.0426 e. The minimum atomic E-state index is 0.261. The summed E-state index contributed by atoms with van der Waals surface area (Å²) in [5.41, 5.74) is 5.89. The van der Waals surface area contributed by atoms with E-state index in [1.54, 1.807) is 0 Å². The van der Waals surface area contributed by atoms with Gasteiger partial charge in [-0.3, -0.25) is 0 Å². The Kier molecular flexibility index (Phi) is 6.27. The van der Waals surface area contributed by atoms with Crippen LogP contribution in [0.25, 0.3) is 0 Å². The molecule has 2 aromatic carbocycles. The van der Waals surface area contributed by atoms with Crippen LogP contribution in [-0.2, 0) is 5.41 Å². The third kappa shape index (κ3) is 3.15. The largest absolute Gasteiger partial charge is 0.355 e. The van der Waals surface area contributed by atoms with Crippen LogP contribution < -0.4 is 5.32 Å². The molecule has 1 aliphatic carbocycles. The number of hydrogen-bond acceptors (Lipinski definition) is 1. The lowest BCUT2D eigenvalue weighted by Gasteiger charge is -2.43. The van der Waals surface area contributed by atoms with Crippen molar-refractivity contribution in [1.29, 1.82) is 0 Å². The van der Waals surface area contributed by atoms with Crippen LogP contribution in [0.5, 0.6) is 0 Å². The summed E-state index contributed by atoms with van der Waals surface area (Å²) in [7, 11) is 0. The molecule has 1 heterocycles. The van der Waals surface area contributed by atoms with Gasteiger partial charge in [-0.15, -0.1) is 0 Å². The van der Waals surface area contributed by atoms with Crippen LogP contribution in [0.15, 0.2) is 48.5 Å². The van der Waals surface area contributed by atoms with Crippen molar-refractivity contribution in [3.8, 4) is 0 Å². The van der Waals surface area contributed by atoms with E-state index in [-0.39, 0.29) is 5.41 Å². The van der Waals surface area contributed by atoms with Crippen LogP contribution >= 0.6 is 0 Å². The van der Waals surface area contributed by atoms with Gasteiger partial charge in [0.2, 0.25) is 0 Å². The molecule has 1 nitrogen and oxygen atoms in total. The summed E-state index contributed by atoms with van der Waals surface area (Å²) in [5, 5.41) is 3.61. The van der Waals surface area contributed by atoms with Crippen molar-refractivity contribution < 1.29 is 0 Å². The first-order chi connectivity index (χ1) is 11.4. The van der Waals surface area contributed by atoms with Crippen LogP contribution in [0.4, 0.5) is 11.4 Å². The van der Waals surface area contributed by atoms with Gasteiger partial charge in [-0.25, -0.2) is 0 Å². The monoisotopic (exact) mass is 309 g/mol. The molecule has 23 heavy (non-hydrogen) atoms. The Bertz CT molecular complexity index is 561. The SMILES string of the molecule is CC.CC.c1ccc2c(c1)Nc1ccccc1C21CCCCC1. The van der Waals surface area contributed by atoms with E-state index in [0.717, 1.165) is 0 Å². The van der Waals surface area contributed by atoms with Crippen molar-refractivity contribution in [2.45, 2.75) is 65.2 Å². The third-order valence-electron chi connectivity index (χ3n) is 4.86. The first-order valence-electron chi connectivity index (χ1n) is 9.36. The summed E-state index contributed by atoms with van der Waals surface area (Å²) >= 11 is 0. The van der Waals surface area contributed by atoms with Gasteiger partial charge in [0.15, 0.2) is 0 Å². The summed E-state index contributed by atoms with van der Waals surface area (Å²) in [4.78, 5) is 0. The summed E-state index contributed by atoms with van der Waals surface area (Å²) in [6, 6.07) is 17.7. The van der Waals surface area contributed by atoms with Crippen LogP contribution in [0, 0.1) is 0 Å². The van der Waals surface area contributed by atoms with Crippen molar-refractivity contribution in [3.05, 3.63) is 59.7 Å². The molecule has 0 aromatic heterocycles. The zero-order valence-corrected chi connectivity index (χ0v) is 15.2. The summed E-state index contributed by atoms with van der Waals surface area (Å²) in [6.45, 7) is 8.00. The Balaban J connectivity index is 0.000000448. The molecule has 0 saturated heterocycles.